The van der Waals surface area contributed by atoms with Gasteiger partial charge in [0, 0.05) is 44.6 Å². The van der Waals surface area contributed by atoms with Crippen molar-refractivity contribution in [2.45, 2.75) is 19.9 Å². The highest BCUT2D eigenvalue weighted by atomic mass is 127. The number of nitrogens with zero attached hydrogens (tertiary/aromatic N) is 3. The van der Waals surface area contributed by atoms with Gasteiger partial charge in [0.15, 0.2) is 17.5 Å². The molecule has 0 unspecified atom stereocenters. The molecule has 9 heteroatoms. The van der Waals surface area contributed by atoms with Crippen LogP contribution in [-0.2, 0) is 20.0 Å². The quantitative estimate of drug-likeness (QED) is 0.291. The van der Waals surface area contributed by atoms with Crippen LogP contribution in [0.3, 0.4) is 0 Å². The predicted octanol–water partition coefficient (Wildman–Crippen LogP) is 3.96. The highest BCUT2D eigenvalue weighted by molar-refractivity contribution is 14.0. The number of nitrogens with one attached hydrogen (secondary N) is 1. The number of hydrogen-bond acceptors (Lipinski definition) is 4. The van der Waals surface area contributed by atoms with Gasteiger partial charge in [0.25, 0.3) is 0 Å². The highest BCUT2D eigenvalue weighted by Gasteiger charge is 2.16. The average molecular weight is 551 g/mol. The molecule has 0 spiro atoms. The van der Waals surface area contributed by atoms with Crippen LogP contribution in [0.4, 0.5) is 0 Å². The van der Waals surface area contributed by atoms with Crippen LogP contribution < -0.4 is 19.5 Å². The highest BCUT2D eigenvalue weighted by Crippen LogP contribution is 2.39. The first-order chi connectivity index (χ1) is 13.9. The molecular weight excluding hydrogens is 519 g/mol. The minimum Gasteiger partial charge on any atom is -0.493 e. The fourth-order valence-electron chi connectivity index (χ4n) is 3.15. The van der Waals surface area contributed by atoms with Crippen molar-refractivity contribution in [3.8, 4) is 17.2 Å². The summed E-state index contributed by atoms with van der Waals surface area (Å²) in [5.74, 6) is 2.76. The number of hydrogen-bond donors (Lipinski definition) is 1. The van der Waals surface area contributed by atoms with Crippen molar-refractivity contribution in [1.82, 2.24) is 14.8 Å². The van der Waals surface area contributed by atoms with Gasteiger partial charge in [-0.25, -0.2) is 0 Å². The molecule has 2 aromatic rings. The van der Waals surface area contributed by atoms with Gasteiger partial charge in [-0.05, 0) is 25.5 Å². The second kappa shape index (κ2) is 12.8. The predicted molar refractivity (Wildman–Crippen MR) is 133 cm³/mol. The second-order valence-electron chi connectivity index (χ2n) is 6.60. The molecule has 0 amide bonds. The van der Waals surface area contributed by atoms with E-state index in [0.717, 1.165) is 28.8 Å². The van der Waals surface area contributed by atoms with E-state index in [1.54, 1.807) is 21.3 Å². The lowest BCUT2D eigenvalue weighted by atomic mass is 10.1. The second-order valence-corrected chi connectivity index (χ2v) is 7.03. The number of rotatable bonds is 9. The number of ether oxygens (including phenoxy) is 3. The van der Waals surface area contributed by atoms with Gasteiger partial charge in [-0.2, -0.15) is 0 Å². The largest absolute Gasteiger partial charge is 0.493 e. The third-order valence-corrected chi connectivity index (χ3v) is 4.81. The summed E-state index contributed by atoms with van der Waals surface area (Å²) in [4.78, 5) is 6.86. The van der Waals surface area contributed by atoms with E-state index in [9.17, 15) is 0 Å². The zero-order chi connectivity index (χ0) is 21.4. The van der Waals surface area contributed by atoms with E-state index < -0.39 is 0 Å². The van der Waals surface area contributed by atoms with Gasteiger partial charge in [0.2, 0.25) is 5.75 Å². The van der Waals surface area contributed by atoms with Crippen LogP contribution in [0.5, 0.6) is 17.2 Å². The molecule has 30 heavy (non-hydrogen) atoms. The smallest absolute Gasteiger partial charge is 0.203 e. The van der Waals surface area contributed by atoms with Crippen molar-refractivity contribution in [3.63, 3.8) is 0 Å². The van der Waals surface area contributed by atoms with Gasteiger partial charge >= 0.3 is 0 Å². The maximum Gasteiger partial charge on any atom is 0.203 e. The van der Waals surface area contributed by atoms with Crippen LogP contribution in [0.1, 0.15) is 18.2 Å². The molecule has 0 atom stereocenters. The first-order valence-corrected chi connectivity index (χ1v) is 9.90. The maximum atomic E-state index is 6.10. The molecule has 0 saturated carbocycles. The monoisotopic (exact) mass is 550 g/mol. The molecule has 168 valence electrons. The van der Waals surface area contributed by atoms with E-state index in [2.05, 4.69) is 17.1 Å². The summed E-state index contributed by atoms with van der Waals surface area (Å²) >= 11 is 6.10. The number of halogens is 2. The SMILES string of the molecule is CCNC(=NCCc1ccc(OC)c(OC)c1OC)N(C)Cc1cc(Cl)cn1C.I. The normalized spacial score (nSPS) is 11.0. The summed E-state index contributed by atoms with van der Waals surface area (Å²) in [6.07, 6.45) is 2.61. The summed E-state index contributed by atoms with van der Waals surface area (Å²) in [7, 11) is 8.85. The van der Waals surface area contributed by atoms with Gasteiger partial charge in [0.05, 0.1) is 32.9 Å². The van der Waals surface area contributed by atoms with Gasteiger partial charge in [-0.1, -0.05) is 17.7 Å². The Labute approximate surface area is 201 Å². The van der Waals surface area contributed by atoms with Crippen molar-refractivity contribution in [3.05, 3.63) is 40.7 Å². The molecule has 0 aliphatic rings. The fourth-order valence-corrected chi connectivity index (χ4v) is 3.43. The van der Waals surface area contributed by atoms with Crippen LogP contribution in [0.2, 0.25) is 5.02 Å². The standard InChI is InChI=1S/C21H31ClN4O3.HI/c1-7-23-21(26(3)14-17-12-16(22)13-25(17)2)24-11-10-15-8-9-18(27-4)20(29-6)19(15)28-5;/h8-9,12-13H,7,10-11,14H2,1-6H3,(H,23,24);1H. The van der Waals surface area contributed by atoms with E-state index in [-0.39, 0.29) is 24.0 Å². The lowest BCUT2D eigenvalue weighted by molar-refractivity contribution is 0.322. The molecular formula is C21H32ClIN4O3. The first kappa shape index (κ1) is 26.2. The third-order valence-electron chi connectivity index (χ3n) is 4.60. The molecule has 1 aromatic carbocycles. The first-order valence-electron chi connectivity index (χ1n) is 9.53. The van der Waals surface area contributed by atoms with Gasteiger partial charge in [0.1, 0.15) is 0 Å². The van der Waals surface area contributed by atoms with E-state index in [1.807, 2.05) is 43.1 Å². The Morgan fingerprint density at radius 1 is 1.17 bits per heavy atom. The molecule has 0 bridgehead atoms. The van der Waals surface area contributed by atoms with E-state index >= 15 is 0 Å². The Morgan fingerprint density at radius 3 is 2.40 bits per heavy atom. The van der Waals surface area contributed by atoms with Gasteiger partial charge < -0.3 is 29.0 Å². The van der Waals surface area contributed by atoms with Crippen LogP contribution in [-0.4, -0.2) is 56.9 Å². The number of benzene rings is 1. The maximum absolute atomic E-state index is 6.10. The molecule has 7 nitrogen and oxygen atoms in total. The van der Waals surface area contributed by atoms with E-state index in [1.165, 1.54) is 0 Å². The lowest BCUT2D eigenvalue weighted by Crippen LogP contribution is -2.39. The number of guanidine groups is 1. The Kier molecular flexibility index (Phi) is 11.2. The van der Waals surface area contributed by atoms with Crippen LogP contribution in [0, 0.1) is 0 Å². The average Bonchev–Trinajstić information content (AvgIpc) is 3.02. The number of aromatic nitrogens is 1. The molecule has 0 saturated heterocycles. The van der Waals surface area contributed by atoms with E-state index in [0.29, 0.717) is 36.8 Å². The minimum absolute atomic E-state index is 0. The van der Waals surface area contributed by atoms with E-state index in [4.69, 9.17) is 30.8 Å². The van der Waals surface area contributed by atoms with Gasteiger partial charge in [-0.3, -0.25) is 4.99 Å². The molecule has 0 aliphatic heterocycles. The molecule has 0 fully saturated rings. The van der Waals surface area contributed by atoms with Crippen molar-refractivity contribution in [1.29, 1.82) is 0 Å². The topological polar surface area (TPSA) is 60.3 Å². The Bertz CT molecular complexity index is 842. The Balaban J connectivity index is 0.00000450. The molecule has 0 radical (unpaired) electrons. The fraction of sp³-hybridized carbons (Fsp3) is 0.476. The third kappa shape index (κ3) is 6.60. The number of aryl methyl sites for hydroxylation is 1. The zero-order valence-corrected chi connectivity index (χ0v) is 21.6. The summed E-state index contributed by atoms with van der Waals surface area (Å²) in [5.41, 5.74) is 2.13. The zero-order valence-electron chi connectivity index (χ0n) is 18.5. The lowest BCUT2D eigenvalue weighted by Gasteiger charge is -2.22. The van der Waals surface area contributed by atoms with Crippen molar-refractivity contribution in [2.75, 3.05) is 41.5 Å². The Morgan fingerprint density at radius 2 is 1.87 bits per heavy atom. The summed E-state index contributed by atoms with van der Waals surface area (Å²) < 4.78 is 18.4. The van der Waals surface area contributed by atoms with Crippen LogP contribution in [0.15, 0.2) is 29.4 Å². The summed E-state index contributed by atoms with van der Waals surface area (Å²) in [5, 5.41) is 4.08. The molecule has 2 rings (SSSR count). The van der Waals surface area contributed by atoms with Crippen molar-refractivity contribution in [2.24, 2.45) is 12.0 Å². The number of aliphatic imine (C=N–C) groups is 1. The van der Waals surface area contributed by atoms with Gasteiger partial charge in [-0.15, -0.1) is 24.0 Å². The van der Waals surface area contributed by atoms with Crippen LogP contribution >= 0.6 is 35.6 Å². The molecule has 1 N–H and O–H groups in total. The molecule has 1 heterocycles. The number of methoxy groups -OCH3 is 3. The Hall–Kier alpha value is -1.81. The molecule has 0 aliphatic carbocycles. The van der Waals surface area contributed by atoms with Crippen molar-refractivity contribution < 1.29 is 14.2 Å². The minimum atomic E-state index is 0. The van der Waals surface area contributed by atoms with Crippen molar-refractivity contribution >= 4 is 41.5 Å². The molecule has 1 aromatic heterocycles. The summed E-state index contributed by atoms with van der Waals surface area (Å²) in [6, 6.07) is 5.84. The summed E-state index contributed by atoms with van der Waals surface area (Å²) in [6.45, 7) is 4.15. The van der Waals surface area contributed by atoms with Crippen LogP contribution in [0.25, 0.3) is 0 Å².